The monoisotopic (exact) mass is 461 g/mol. The van der Waals surface area contributed by atoms with Crippen molar-refractivity contribution >= 4 is 34.5 Å². The minimum Gasteiger partial charge on any atom is -0.507 e. The van der Waals surface area contributed by atoms with Gasteiger partial charge in [-0.3, -0.25) is 14.5 Å². The fourth-order valence-corrected chi connectivity index (χ4v) is 5.46. The Bertz CT molecular complexity index is 1320. The molecule has 4 rings (SSSR count). The number of ether oxygens (including phenoxy) is 1. The topological polar surface area (TPSA) is 66.8 Å². The minimum atomic E-state index is -0.724. The lowest BCUT2D eigenvalue weighted by atomic mass is 9.95. The number of aliphatic hydroxyl groups is 1. The first-order valence-corrected chi connectivity index (χ1v) is 11.6. The third-order valence-electron chi connectivity index (χ3n) is 6.24. The molecule has 3 aromatic rings. The van der Waals surface area contributed by atoms with Crippen LogP contribution in [0.15, 0.2) is 47.4 Å². The van der Waals surface area contributed by atoms with Crippen LogP contribution in [-0.4, -0.2) is 23.9 Å². The van der Waals surface area contributed by atoms with Gasteiger partial charge in [-0.25, -0.2) is 0 Å². The van der Waals surface area contributed by atoms with Crippen LogP contribution in [0.3, 0.4) is 0 Å². The molecule has 170 valence electrons. The summed E-state index contributed by atoms with van der Waals surface area (Å²) in [6.07, 6.45) is 0. The third-order valence-corrected chi connectivity index (χ3v) is 7.31. The summed E-state index contributed by atoms with van der Waals surface area (Å²) in [5, 5.41) is 13.4. The Labute approximate surface area is 197 Å². The molecule has 6 heteroatoms. The highest BCUT2D eigenvalue weighted by atomic mass is 32.1. The number of carbonyl (C=O) groups is 2. The Morgan fingerprint density at radius 2 is 1.67 bits per heavy atom. The number of hydrogen-bond acceptors (Lipinski definition) is 5. The van der Waals surface area contributed by atoms with Crippen LogP contribution in [0, 0.1) is 34.6 Å². The molecule has 1 saturated heterocycles. The van der Waals surface area contributed by atoms with Crippen molar-refractivity contribution in [3.63, 3.8) is 0 Å². The lowest BCUT2D eigenvalue weighted by Gasteiger charge is -2.26. The second-order valence-corrected chi connectivity index (χ2v) is 9.52. The van der Waals surface area contributed by atoms with Gasteiger partial charge in [0.1, 0.15) is 17.6 Å². The first-order valence-electron chi connectivity index (χ1n) is 10.7. The number of Topliss-reactive ketones (excluding diaryl/α,β-unsaturated/α-hetero) is 1. The summed E-state index contributed by atoms with van der Waals surface area (Å²) in [5.41, 5.74) is 5.95. The van der Waals surface area contributed by atoms with Gasteiger partial charge in [0.05, 0.1) is 18.2 Å². The average molecular weight is 462 g/mol. The fraction of sp³-hybridized carbons (Fsp3) is 0.259. The zero-order valence-electron chi connectivity index (χ0n) is 19.6. The number of ketones is 1. The molecule has 0 bridgehead atoms. The Morgan fingerprint density at radius 1 is 0.939 bits per heavy atom. The largest absolute Gasteiger partial charge is 0.507 e. The number of nitrogens with zero attached hydrogens (tertiary/aromatic N) is 1. The molecule has 1 atom stereocenters. The minimum absolute atomic E-state index is 0.0760. The van der Waals surface area contributed by atoms with Crippen LogP contribution in [0.25, 0.3) is 5.76 Å². The normalized spacial score (nSPS) is 17.6. The molecule has 2 heterocycles. The van der Waals surface area contributed by atoms with Crippen LogP contribution in [0.4, 0.5) is 5.69 Å². The number of thiophene rings is 1. The van der Waals surface area contributed by atoms with Crippen LogP contribution in [0.2, 0.25) is 0 Å². The quantitative estimate of drug-likeness (QED) is 0.297. The van der Waals surface area contributed by atoms with E-state index in [2.05, 4.69) is 0 Å². The van der Waals surface area contributed by atoms with Crippen LogP contribution in [0.5, 0.6) is 5.75 Å². The maximum absolute atomic E-state index is 13.4. The highest BCUT2D eigenvalue weighted by Crippen LogP contribution is 2.46. The van der Waals surface area contributed by atoms with E-state index in [-0.39, 0.29) is 11.3 Å². The summed E-state index contributed by atoms with van der Waals surface area (Å²) in [4.78, 5) is 29.1. The Hall–Kier alpha value is -3.38. The molecular weight excluding hydrogens is 434 g/mol. The molecule has 1 N–H and O–H groups in total. The summed E-state index contributed by atoms with van der Waals surface area (Å²) >= 11 is 1.47. The Morgan fingerprint density at radius 3 is 2.27 bits per heavy atom. The predicted molar refractivity (Wildman–Crippen MR) is 132 cm³/mol. The predicted octanol–water partition coefficient (Wildman–Crippen LogP) is 5.93. The fourth-order valence-electron chi connectivity index (χ4n) is 4.43. The molecule has 2 aromatic carbocycles. The molecule has 0 radical (unpaired) electrons. The first kappa shape index (κ1) is 22.8. The standard InChI is InChI=1S/C27H27NO4S/c1-14-11-18(5)25(32-6)20(12-14)23(29)21-22(26-16(3)9-10-33-26)28(27(31)24(21)30)19-8-7-15(2)17(4)13-19/h7-13,22,29H,1-6H3/b23-21+. The molecule has 0 spiro atoms. The molecule has 5 nitrogen and oxygen atoms in total. The van der Waals surface area contributed by atoms with Crippen LogP contribution < -0.4 is 9.64 Å². The van der Waals surface area contributed by atoms with Crippen molar-refractivity contribution in [3.05, 3.63) is 85.6 Å². The average Bonchev–Trinajstić information content (AvgIpc) is 3.29. The molecule has 1 aromatic heterocycles. The van der Waals surface area contributed by atoms with Gasteiger partial charge >= 0.3 is 0 Å². The van der Waals surface area contributed by atoms with Gasteiger partial charge in [-0.05, 0) is 92.1 Å². The van der Waals surface area contributed by atoms with Gasteiger partial charge in [0, 0.05) is 10.6 Å². The van der Waals surface area contributed by atoms with Crippen molar-refractivity contribution in [3.8, 4) is 5.75 Å². The van der Waals surface area contributed by atoms with Gasteiger partial charge < -0.3 is 9.84 Å². The summed E-state index contributed by atoms with van der Waals surface area (Å²) in [5.74, 6) is -1.09. The van der Waals surface area contributed by atoms with E-state index in [0.717, 1.165) is 32.7 Å². The van der Waals surface area contributed by atoms with Crippen molar-refractivity contribution in [2.45, 2.75) is 40.7 Å². The van der Waals surface area contributed by atoms with Crippen molar-refractivity contribution in [1.82, 2.24) is 0 Å². The smallest absolute Gasteiger partial charge is 0.300 e. The highest BCUT2D eigenvalue weighted by Gasteiger charge is 2.48. The van der Waals surface area contributed by atoms with E-state index in [1.165, 1.54) is 23.3 Å². The van der Waals surface area contributed by atoms with Gasteiger partial charge in [0.25, 0.3) is 11.7 Å². The maximum atomic E-state index is 13.4. The molecule has 1 fully saturated rings. The Kier molecular flexibility index (Phi) is 5.89. The third kappa shape index (κ3) is 3.74. The second-order valence-electron chi connectivity index (χ2n) is 8.57. The SMILES string of the molecule is COc1c(C)cc(C)cc1/C(O)=C1\C(=O)C(=O)N(c2ccc(C)c(C)c2)C1c1sccc1C. The number of carbonyl (C=O) groups excluding carboxylic acids is 2. The van der Waals surface area contributed by atoms with E-state index in [1.807, 2.05) is 70.3 Å². The Balaban J connectivity index is 2.02. The van der Waals surface area contributed by atoms with Crippen LogP contribution >= 0.6 is 11.3 Å². The lowest BCUT2D eigenvalue weighted by molar-refractivity contribution is -0.132. The second kappa shape index (κ2) is 8.52. The van der Waals surface area contributed by atoms with E-state index in [9.17, 15) is 14.7 Å². The number of methoxy groups -OCH3 is 1. The molecule has 1 aliphatic rings. The molecule has 0 aliphatic carbocycles. The van der Waals surface area contributed by atoms with Crippen molar-refractivity contribution in [2.75, 3.05) is 12.0 Å². The summed E-state index contributed by atoms with van der Waals surface area (Å²) in [6, 6.07) is 10.7. The molecule has 1 amide bonds. The molecule has 33 heavy (non-hydrogen) atoms. The van der Waals surface area contributed by atoms with E-state index < -0.39 is 17.7 Å². The summed E-state index contributed by atoms with van der Waals surface area (Å²) in [7, 11) is 1.53. The van der Waals surface area contributed by atoms with Crippen LogP contribution in [0.1, 0.15) is 44.3 Å². The zero-order valence-corrected chi connectivity index (χ0v) is 20.5. The summed E-state index contributed by atoms with van der Waals surface area (Å²) in [6.45, 7) is 9.72. The number of rotatable bonds is 4. The molecule has 0 saturated carbocycles. The molecule has 1 aliphatic heterocycles. The number of aryl methyl sites for hydroxylation is 5. The van der Waals surface area contributed by atoms with Gasteiger partial charge in [0.15, 0.2) is 0 Å². The molecular formula is C27H27NO4S. The zero-order chi connectivity index (χ0) is 24.0. The van der Waals surface area contributed by atoms with E-state index in [1.54, 1.807) is 6.07 Å². The van der Waals surface area contributed by atoms with E-state index in [0.29, 0.717) is 17.0 Å². The van der Waals surface area contributed by atoms with Crippen molar-refractivity contribution in [1.29, 1.82) is 0 Å². The number of hydrogen-bond donors (Lipinski definition) is 1. The number of benzene rings is 2. The van der Waals surface area contributed by atoms with Crippen molar-refractivity contribution < 1.29 is 19.4 Å². The van der Waals surface area contributed by atoms with Crippen LogP contribution in [-0.2, 0) is 9.59 Å². The summed E-state index contributed by atoms with van der Waals surface area (Å²) < 4.78 is 5.56. The van der Waals surface area contributed by atoms with E-state index in [4.69, 9.17) is 4.74 Å². The molecule has 1 unspecified atom stereocenters. The number of anilines is 1. The highest BCUT2D eigenvalue weighted by molar-refractivity contribution is 7.10. The van der Waals surface area contributed by atoms with E-state index >= 15 is 0 Å². The maximum Gasteiger partial charge on any atom is 0.300 e. The van der Waals surface area contributed by atoms with Gasteiger partial charge in [-0.1, -0.05) is 12.1 Å². The van der Waals surface area contributed by atoms with Gasteiger partial charge in [0.2, 0.25) is 0 Å². The van der Waals surface area contributed by atoms with Gasteiger partial charge in [-0.15, -0.1) is 11.3 Å². The van der Waals surface area contributed by atoms with Gasteiger partial charge in [-0.2, -0.15) is 0 Å². The number of aliphatic hydroxyl groups excluding tert-OH is 1. The van der Waals surface area contributed by atoms with Crippen molar-refractivity contribution in [2.24, 2.45) is 0 Å². The first-order chi connectivity index (χ1) is 15.6. The number of amides is 1. The lowest BCUT2D eigenvalue weighted by Crippen LogP contribution is -2.29.